The number of nitrogens with one attached hydrogen (secondary N) is 1. The number of likely N-dealkylation sites (N-methyl/N-ethyl adjacent to an activating group) is 1. The molecule has 2 aromatic carbocycles. The number of benzene rings is 2. The largest absolute Gasteiger partial charge is 0.480 e. The van der Waals surface area contributed by atoms with Gasteiger partial charge in [-0.25, -0.2) is 0 Å². The molecule has 0 saturated carbocycles. The molecule has 0 heterocycles. The fourth-order valence-corrected chi connectivity index (χ4v) is 4.86. The highest BCUT2D eigenvalue weighted by Gasteiger charge is 2.20. The van der Waals surface area contributed by atoms with E-state index in [0.717, 1.165) is 13.1 Å². The van der Waals surface area contributed by atoms with Gasteiger partial charge in [-0.2, -0.15) is 0 Å². The van der Waals surface area contributed by atoms with Crippen LogP contribution in [0.3, 0.4) is 0 Å². The topological polar surface area (TPSA) is 52.6 Å². The van der Waals surface area contributed by atoms with Gasteiger partial charge in [-0.05, 0) is 17.2 Å². The summed E-state index contributed by atoms with van der Waals surface area (Å²) in [6.45, 7) is 4.56. The molecule has 0 atom stereocenters. The minimum atomic E-state index is -0.818. The van der Waals surface area contributed by atoms with Crippen LogP contribution in [-0.2, 0) is 4.79 Å². The smallest absolute Gasteiger partial charge is 0.317 e. The standard InChI is InChI=1S/C18H23N2O2P/c1-2-20(14-13-19-15-18(21)22)23(16-9-5-3-6-10-16)17-11-7-4-8-12-17/h3-12,19H,2,13-15H2,1H3,(H,21,22). The fourth-order valence-electron chi connectivity index (χ4n) is 2.42. The van der Waals surface area contributed by atoms with E-state index in [9.17, 15) is 4.79 Å². The van der Waals surface area contributed by atoms with Crippen LogP contribution < -0.4 is 15.9 Å². The van der Waals surface area contributed by atoms with E-state index in [-0.39, 0.29) is 6.54 Å². The number of hydrogen-bond donors (Lipinski definition) is 2. The van der Waals surface area contributed by atoms with Crippen molar-refractivity contribution in [1.29, 1.82) is 0 Å². The van der Waals surface area contributed by atoms with Crippen molar-refractivity contribution in [1.82, 2.24) is 9.99 Å². The van der Waals surface area contributed by atoms with Gasteiger partial charge in [0.15, 0.2) is 0 Å². The number of carbonyl (C=O) groups is 1. The molecule has 5 heteroatoms. The zero-order chi connectivity index (χ0) is 16.5. The van der Waals surface area contributed by atoms with E-state index < -0.39 is 14.0 Å². The molecule has 0 aliphatic carbocycles. The third-order valence-electron chi connectivity index (χ3n) is 3.47. The lowest BCUT2D eigenvalue weighted by Crippen LogP contribution is -2.35. The van der Waals surface area contributed by atoms with E-state index in [2.05, 4.69) is 65.4 Å². The van der Waals surface area contributed by atoms with Crippen molar-refractivity contribution >= 4 is 24.7 Å². The van der Waals surface area contributed by atoms with Crippen LogP contribution in [0.15, 0.2) is 60.7 Å². The number of hydrogen-bond acceptors (Lipinski definition) is 3. The molecule has 0 aliphatic rings. The van der Waals surface area contributed by atoms with Gasteiger partial charge in [-0.1, -0.05) is 67.6 Å². The van der Waals surface area contributed by atoms with E-state index >= 15 is 0 Å². The van der Waals surface area contributed by atoms with Crippen LogP contribution in [-0.4, -0.2) is 41.9 Å². The first-order valence-corrected chi connectivity index (χ1v) is 9.09. The number of aliphatic carboxylic acids is 1. The third-order valence-corrected chi connectivity index (χ3v) is 6.10. The molecule has 23 heavy (non-hydrogen) atoms. The van der Waals surface area contributed by atoms with Crippen LogP contribution in [0.25, 0.3) is 0 Å². The monoisotopic (exact) mass is 330 g/mol. The predicted octanol–water partition coefficient (Wildman–Crippen LogP) is 2.03. The van der Waals surface area contributed by atoms with Gasteiger partial charge in [0.25, 0.3) is 0 Å². The molecular weight excluding hydrogens is 307 g/mol. The van der Waals surface area contributed by atoms with Crippen LogP contribution in [0.4, 0.5) is 0 Å². The summed E-state index contributed by atoms with van der Waals surface area (Å²) < 4.78 is 2.43. The maximum atomic E-state index is 10.6. The quantitative estimate of drug-likeness (QED) is 0.546. The fraction of sp³-hybridized carbons (Fsp3) is 0.278. The molecule has 0 unspecified atom stereocenters. The number of carboxylic acid groups (broad SMARTS) is 1. The second-order valence-corrected chi connectivity index (χ2v) is 7.32. The second kappa shape index (κ2) is 9.41. The zero-order valence-corrected chi connectivity index (χ0v) is 14.2. The molecule has 0 saturated heterocycles. The van der Waals surface area contributed by atoms with Gasteiger partial charge >= 0.3 is 5.97 Å². The number of nitrogens with zero attached hydrogens (tertiary/aromatic N) is 1. The van der Waals surface area contributed by atoms with Gasteiger partial charge in [-0.15, -0.1) is 0 Å². The summed E-state index contributed by atoms with van der Waals surface area (Å²) in [5, 5.41) is 14.3. The summed E-state index contributed by atoms with van der Waals surface area (Å²) in [6, 6.07) is 21.1. The van der Waals surface area contributed by atoms with E-state index in [4.69, 9.17) is 5.11 Å². The van der Waals surface area contributed by atoms with Crippen molar-refractivity contribution < 1.29 is 9.90 Å². The molecule has 0 spiro atoms. The lowest BCUT2D eigenvalue weighted by molar-refractivity contribution is -0.135. The molecule has 122 valence electrons. The first-order valence-electron chi connectivity index (χ1n) is 7.80. The maximum absolute atomic E-state index is 10.6. The van der Waals surface area contributed by atoms with Crippen molar-refractivity contribution in [3.63, 3.8) is 0 Å². The van der Waals surface area contributed by atoms with Crippen LogP contribution in [0.2, 0.25) is 0 Å². The molecular formula is C18H23N2O2P. The van der Waals surface area contributed by atoms with Crippen LogP contribution in [0, 0.1) is 0 Å². The lowest BCUT2D eigenvalue weighted by atomic mass is 10.4. The molecule has 2 N–H and O–H groups in total. The SMILES string of the molecule is CCN(CCNCC(=O)O)P(c1ccccc1)c1ccccc1. The highest BCUT2D eigenvalue weighted by atomic mass is 31.1. The lowest BCUT2D eigenvalue weighted by Gasteiger charge is -2.31. The Morgan fingerprint density at radius 3 is 2.00 bits per heavy atom. The minimum Gasteiger partial charge on any atom is -0.480 e. The Balaban J connectivity index is 2.16. The van der Waals surface area contributed by atoms with Crippen LogP contribution >= 0.6 is 8.07 Å². The summed E-state index contributed by atoms with van der Waals surface area (Å²) in [7, 11) is -0.600. The highest BCUT2D eigenvalue weighted by molar-refractivity contribution is 7.70. The van der Waals surface area contributed by atoms with Gasteiger partial charge < -0.3 is 10.4 Å². The first-order chi connectivity index (χ1) is 11.2. The Kier molecular flexibility index (Phi) is 7.21. The van der Waals surface area contributed by atoms with E-state index in [0.29, 0.717) is 6.54 Å². The van der Waals surface area contributed by atoms with Crippen molar-refractivity contribution in [2.24, 2.45) is 0 Å². The Morgan fingerprint density at radius 2 is 1.57 bits per heavy atom. The van der Waals surface area contributed by atoms with E-state index in [1.807, 2.05) is 12.1 Å². The van der Waals surface area contributed by atoms with Gasteiger partial charge in [0, 0.05) is 21.2 Å². The van der Waals surface area contributed by atoms with Crippen LogP contribution in [0.5, 0.6) is 0 Å². The minimum absolute atomic E-state index is 0.00611. The summed E-state index contributed by atoms with van der Waals surface area (Å²) in [5.74, 6) is -0.818. The number of rotatable bonds is 9. The zero-order valence-electron chi connectivity index (χ0n) is 13.4. The molecule has 0 aromatic heterocycles. The van der Waals surface area contributed by atoms with Gasteiger partial charge in [0.2, 0.25) is 0 Å². The Morgan fingerprint density at radius 1 is 1.04 bits per heavy atom. The molecule has 0 bridgehead atoms. The summed E-state index contributed by atoms with van der Waals surface area (Å²) in [5.41, 5.74) is 0. The van der Waals surface area contributed by atoms with Crippen molar-refractivity contribution in [3.8, 4) is 0 Å². The molecule has 4 nitrogen and oxygen atoms in total. The summed E-state index contributed by atoms with van der Waals surface area (Å²) in [4.78, 5) is 10.6. The van der Waals surface area contributed by atoms with E-state index in [1.54, 1.807) is 0 Å². The average molecular weight is 330 g/mol. The first kappa shape index (κ1) is 17.6. The normalized spacial score (nSPS) is 11.1. The third kappa shape index (κ3) is 5.43. The molecule has 0 radical (unpaired) electrons. The summed E-state index contributed by atoms with van der Waals surface area (Å²) in [6.07, 6.45) is 0. The van der Waals surface area contributed by atoms with Gasteiger partial charge in [-0.3, -0.25) is 9.46 Å². The summed E-state index contributed by atoms with van der Waals surface area (Å²) >= 11 is 0. The molecule has 0 fully saturated rings. The maximum Gasteiger partial charge on any atom is 0.317 e. The molecule has 0 amide bonds. The molecule has 0 aliphatic heterocycles. The highest BCUT2D eigenvalue weighted by Crippen LogP contribution is 2.37. The van der Waals surface area contributed by atoms with Gasteiger partial charge in [0.05, 0.1) is 6.54 Å². The number of carboxylic acids is 1. The molecule has 2 aromatic rings. The molecule has 2 rings (SSSR count). The Hall–Kier alpha value is -1.74. The van der Waals surface area contributed by atoms with Crippen LogP contribution in [0.1, 0.15) is 6.92 Å². The van der Waals surface area contributed by atoms with E-state index in [1.165, 1.54) is 10.6 Å². The second-order valence-electron chi connectivity index (χ2n) is 5.10. The predicted molar refractivity (Wildman–Crippen MR) is 96.8 cm³/mol. The van der Waals surface area contributed by atoms with Crippen molar-refractivity contribution in [3.05, 3.63) is 60.7 Å². The average Bonchev–Trinajstić information content (AvgIpc) is 2.59. The Bertz CT molecular complexity index is 553. The van der Waals surface area contributed by atoms with Crippen molar-refractivity contribution in [2.45, 2.75) is 6.92 Å². The van der Waals surface area contributed by atoms with Gasteiger partial charge in [0.1, 0.15) is 0 Å². The Labute approximate surface area is 138 Å². The van der Waals surface area contributed by atoms with Crippen molar-refractivity contribution in [2.75, 3.05) is 26.2 Å².